The fourth-order valence-electron chi connectivity index (χ4n) is 1.54. The zero-order valence-corrected chi connectivity index (χ0v) is 8.50. The summed E-state index contributed by atoms with van der Waals surface area (Å²) in [5, 5.41) is 10.0. The maximum atomic E-state index is 10.0. The van der Waals surface area contributed by atoms with Crippen LogP contribution in [0.2, 0.25) is 0 Å². The molecule has 0 aliphatic carbocycles. The summed E-state index contributed by atoms with van der Waals surface area (Å²) in [5.41, 5.74) is 1.67. The number of furan rings is 1. The molecule has 3 nitrogen and oxygen atoms in total. The van der Waals surface area contributed by atoms with E-state index in [1.165, 1.54) is 0 Å². The normalized spacial score (nSPS) is 14.8. The summed E-state index contributed by atoms with van der Waals surface area (Å²) in [6, 6.07) is 7.46. The summed E-state index contributed by atoms with van der Waals surface area (Å²) >= 11 is 0. The number of aliphatic hydroxyl groups excluding tert-OH is 1. The minimum absolute atomic E-state index is 0.0381. The quantitative estimate of drug-likeness (QED) is 0.833. The van der Waals surface area contributed by atoms with Gasteiger partial charge in [-0.2, -0.15) is 0 Å². The summed E-state index contributed by atoms with van der Waals surface area (Å²) in [4.78, 5) is 4.22. The van der Waals surface area contributed by atoms with E-state index in [0.29, 0.717) is 0 Å². The summed E-state index contributed by atoms with van der Waals surface area (Å²) in [5.74, 6) is -0.0381. The van der Waals surface area contributed by atoms with Crippen molar-refractivity contribution in [1.82, 2.24) is 4.98 Å². The second kappa shape index (κ2) is 4.28. The highest BCUT2D eigenvalue weighted by molar-refractivity contribution is 5.18. The molecule has 2 atom stereocenters. The molecule has 1 N–H and O–H groups in total. The number of nitrogens with zero attached hydrogens (tertiary/aromatic N) is 1. The van der Waals surface area contributed by atoms with Crippen molar-refractivity contribution in [2.75, 3.05) is 0 Å². The third-order valence-corrected chi connectivity index (χ3v) is 2.51. The van der Waals surface area contributed by atoms with E-state index < -0.39 is 6.10 Å². The van der Waals surface area contributed by atoms with E-state index in [1.54, 1.807) is 24.8 Å². The van der Waals surface area contributed by atoms with Gasteiger partial charge in [0.25, 0.3) is 0 Å². The number of hydrogen-bond donors (Lipinski definition) is 1. The molecule has 2 aromatic rings. The standard InChI is InChI=1S/C12H13NO2/c1-9(11-4-2-3-6-13-11)12(14)10-5-7-15-8-10/h2-9,12,14H,1H3. The van der Waals surface area contributed by atoms with Crippen molar-refractivity contribution in [1.29, 1.82) is 0 Å². The molecular weight excluding hydrogens is 190 g/mol. The van der Waals surface area contributed by atoms with Crippen molar-refractivity contribution in [3.05, 3.63) is 54.2 Å². The second-order valence-electron chi connectivity index (χ2n) is 3.54. The van der Waals surface area contributed by atoms with Crippen LogP contribution in [-0.2, 0) is 0 Å². The van der Waals surface area contributed by atoms with Gasteiger partial charge >= 0.3 is 0 Å². The van der Waals surface area contributed by atoms with Crippen molar-refractivity contribution >= 4 is 0 Å². The second-order valence-corrected chi connectivity index (χ2v) is 3.54. The van der Waals surface area contributed by atoms with Crippen LogP contribution in [0, 0.1) is 0 Å². The van der Waals surface area contributed by atoms with E-state index in [0.717, 1.165) is 11.3 Å². The Bertz CT molecular complexity index is 397. The van der Waals surface area contributed by atoms with Crippen LogP contribution < -0.4 is 0 Å². The van der Waals surface area contributed by atoms with Gasteiger partial charge in [-0.05, 0) is 18.2 Å². The Balaban J connectivity index is 2.18. The third kappa shape index (κ3) is 2.07. The molecule has 0 aliphatic heterocycles. The van der Waals surface area contributed by atoms with Crippen LogP contribution >= 0.6 is 0 Å². The highest BCUT2D eigenvalue weighted by atomic mass is 16.3. The van der Waals surface area contributed by atoms with Gasteiger partial charge in [-0.1, -0.05) is 13.0 Å². The number of aromatic nitrogens is 1. The Morgan fingerprint density at radius 3 is 2.80 bits per heavy atom. The first kappa shape index (κ1) is 9.93. The SMILES string of the molecule is CC(c1ccccn1)C(O)c1ccoc1. The summed E-state index contributed by atoms with van der Waals surface area (Å²) < 4.78 is 4.94. The molecule has 0 spiro atoms. The fourth-order valence-corrected chi connectivity index (χ4v) is 1.54. The lowest BCUT2D eigenvalue weighted by Gasteiger charge is -2.16. The Hall–Kier alpha value is -1.61. The monoisotopic (exact) mass is 203 g/mol. The van der Waals surface area contributed by atoms with E-state index in [-0.39, 0.29) is 5.92 Å². The van der Waals surface area contributed by atoms with Gasteiger partial charge in [-0.15, -0.1) is 0 Å². The van der Waals surface area contributed by atoms with Crippen molar-refractivity contribution < 1.29 is 9.52 Å². The first-order chi connectivity index (χ1) is 7.29. The maximum absolute atomic E-state index is 10.0. The molecular formula is C12H13NO2. The summed E-state index contributed by atoms with van der Waals surface area (Å²) in [7, 11) is 0. The van der Waals surface area contributed by atoms with E-state index in [1.807, 2.05) is 25.1 Å². The van der Waals surface area contributed by atoms with Crippen LogP contribution in [0.3, 0.4) is 0 Å². The van der Waals surface area contributed by atoms with E-state index >= 15 is 0 Å². The molecule has 2 heterocycles. The molecule has 2 aromatic heterocycles. The number of aliphatic hydroxyl groups is 1. The van der Waals surface area contributed by atoms with Gasteiger partial charge in [-0.3, -0.25) is 4.98 Å². The molecule has 0 saturated carbocycles. The van der Waals surface area contributed by atoms with Gasteiger partial charge in [0.05, 0.1) is 18.6 Å². The van der Waals surface area contributed by atoms with Gasteiger partial charge in [0.2, 0.25) is 0 Å². The lowest BCUT2D eigenvalue weighted by atomic mass is 9.96. The lowest BCUT2D eigenvalue weighted by molar-refractivity contribution is 0.149. The summed E-state index contributed by atoms with van der Waals surface area (Å²) in [6.07, 6.45) is 4.28. The van der Waals surface area contributed by atoms with Crippen molar-refractivity contribution in [3.63, 3.8) is 0 Å². The Morgan fingerprint density at radius 1 is 1.33 bits per heavy atom. The summed E-state index contributed by atoms with van der Waals surface area (Å²) in [6.45, 7) is 1.94. The first-order valence-corrected chi connectivity index (χ1v) is 4.90. The molecule has 0 saturated heterocycles. The average molecular weight is 203 g/mol. The van der Waals surface area contributed by atoms with Crippen LogP contribution in [0.5, 0.6) is 0 Å². The molecule has 0 amide bonds. The van der Waals surface area contributed by atoms with Gasteiger partial charge in [0, 0.05) is 23.4 Å². The largest absolute Gasteiger partial charge is 0.472 e. The molecule has 3 heteroatoms. The zero-order valence-electron chi connectivity index (χ0n) is 8.50. The minimum Gasteiger partial charge on any atom is -0.472 e. The predicted molar refractivity (Wildman–Crippen MR) is 56.3 cm³/mol. The Kier molecular flexibility index (Phi) is 2.83. The van der Waals surface area contributed by atoms with Crippen LogP contribution in [0.1, 0.15) is 30.2 Å². The van der Waals surface area contributed by atoms with Crippen LogP contribution in [0.15, 0.2) is 47.4 Å². The van der Waals surface area contributed by atoms with Gasteiger partial charge in [0.15, 0.2) is 0 Å². The van der Waals surface area contributed by atoms with E-state index in [9.17, 15) is 5.11 Å². The molecule has 15 heavy (non-hydrogen) atoms. The Morgan fingerprint density at radius 2 is 2.20 bits per heavy atom. The van der Waals surface area contributed by atoms with Gasteiger partial charge in [-0.25, -0.2) is 0 Å². The smallest absolute Gasteiger partial charge is 0.0960 e. The number of rotatable bonds is 3. The maximum Gasteiger partial charge on any atom is 0.0960 e. The molecule has 0 aliphatic rings. The first-order valence-electron chi connectivity index (χ1n) is 4.90. The fraction of sp³-hybridized carbons (Fsp3) is 0.250. The van der Waals surface area contributed by atoms with Gasteiger partial charge in [0.1, 0.15) is 0 Å². The van der Waals surface area contributed by atoms with Crippen molar-refractivity contribution in [2.24, 2.45) is 0 Å². The van der Waals surface area contributed by atoms with Crippen LogP contribution in [-0.4, -0.2) is 10.1 Å². The topological polar surface area (TPSA) is 46.3 Å². The molecule has 0 fully saturated rings. The molecule has 0 bridgehead atoms. The van der Waals surface area contributed by atoms with Crippen LogP contribution in [0.25, 0.3) is 0 Å². The minimum atomic E-state index is -0.571. The molecule has 0 radical (unpaired) electrons. The highest BCUT2D eigenvalue weighted by Gasteiger charge is 2.19. The van der Waals surface area contributed by atoms with Crippen LogP contribution in [0.4, 0.5) is 0 Å². The Labute approximate surface area is 88.4 Å². The number of pyridine rings is 1. The molecule has 0 aromatic carbocycles. The zero-order chi connectivity index (χ0) is 10.7. The van der Waals surface area contributed by atoms with E-state index in [4.69, 9.17) is 4.42 Å². The number of hydrogen-bond acceptors (Lipinski definition) is 3. The average Bonchev–Trinajstić information content (AvgIpc) is 2.82. The highest BCUT2D eigenvalue weighted by Crippen LogP contribution is 2.29. The lowest BCUT2D eigenvalue weighted by Crippen LogP contribution is -2.08. The third-order valence-electron chi connectivity index (χ3n) is 2.51. The predicted octanol–water partition coefficient (Wildman–Crippen LogP) is 2.51. The van der Waals surface area contributed by atoms with E-state index in [2.05, 4.69) is 4.98 Å². The molecule has 2 unspecified atom stereocenters. The van der Waals surface area contributed by atoms with Crippen molar-refractivity contribution in [3.8, 4) is 0 Å². The molecule has 2 rings (SSSR count). The van der Waals surface area contributed by atoms with Crippen molar-refractivity contribution in [2.45, 2.75) is 18.9 Å². The molecule has 78 valence electrons. The van der Waals surface area contributed by atoms with Gasteiger partial charge < -0.3 is 9.52 Å².